The maximum absolute atomic E-state index is 6.14. The Kier molecular flexibility index (Phi) is 2.72. The highest BCUT2D eigenvalue weighted by atomic mass is 15.3. The topological polar surface area (TPSA) is 43.8 Å². The van der Waals surface area contributed by atoms with Crippen LogP contribution in [-0.2, 0) is 19.4 Å². The fraction of sp³-hybridized carbons (Fsp3) is 0.769. The van der Waals surface area contributed by atoms with Crippen molar-refractivity contribution in [3.8, 4) is 0 Å². The fourth-order valence-electron chi connectivity index (χ4n) is 2.63. The molecule has 1 unspecified atom stereocenters. The first kappa shape index (κ1) is 11.5. The molecule has 0 radical (unpaired) electrons. The lowest BCUT2D eigenvalue weighted by Crippen LogP contribution is -2.26. The Hall–Kier alpha value is -0.990. The van der Waals surface area contributed by atoms with Gasteiger partial charge in [0.15, 0.2) is 0 Å². The van der Waals surface area contributed by atoms with E-state index in [-0.39, 0.29) is 0 Å². The number of nitrogen functional groups attached to an aromatic ring is 1. The van der Waals surface area contributed by atoms with Crippen LogP contribution in [0.3, 0.4) is 0 Å². The maximum Gasteiger partial charge on any atom is 0.125 e. The molecule has 0 amide bonds. The Bertz CT molecular complexity index is 385. The van der Waals surface area contributed by atoms with Crippen molar-refractivity contribution in [2.45, 2.75) is 53.5 Å². The van der Waals surface area contributed by atoms with Gasteiger partial charge >= 0.3 is 0 Å². The molecule has 0 saturated carbocycles. The van der Waals surface area contributed by atoms with Crippen LogP contribution in [0, 0.1) is 11.3 Å². The number of nitrogens with two attached hydrogens (primary N) is 1. The number of anilines is 1. The third-order valence-corrected chi connectivity index (χ3v) is 3.88. The van der Waals surface area contributed by atoms with E-state index in [1.165, 1.54) is 17.7 Å². The van der Waals surface area contributed by atoms with Gasteiger partial charge in [-0.25, -0.2) is 4.68 Å². The van der Waals surface area contributed by atoms with Crippen molar-refractivity contribution in [1.29, 1.82) is 0 Å². The van der Waals surface area contributed by atoms with Crippen LogP contribution in [0.4, 0.5) is 5.82 Å². The second kappa shape index (κ2) is 3.79. The third-order valence-electron chi connectivity index (χ3n) is 3.88. The summed E-state index contributed by atoms with van der Waals surface area (Å²) in [6, 6.07) is 0. The van der Waals surface area contributed by atoms with Crippen LogP contribution in [-0.4, -0.2) is 9.78 Å². The van der Waals surface area contributed by atoms with E-state index < -0.39 is 0 Å². The van der Waals surface area contributed by atoms with Crippen LogP contribution in [0.5, 0.6) is 0 Å². The predicted octanol–water partition coefficient (Wildman–Crippen LogP) is 2.64. The molecule has 1 heterocycles. The largest absolute Gasteiger partial charge is 0.384 e. The first-order valence-corrected chi connectivity index (χ1v) is 6.27. The fourth-order valence-corrected chi connectivity index (χ4v) is 2.63. The molecule has 0 bridgehead atoms. The van der Waals surface area contributed by atoms with Crippen molar-refractivity contribution < 1.29 is 0 Å². The highest BCUT2D eigenvalue weighted by molar-refractivity contribution is 5.45. The number of nitrogens with zero attached hydrogens (tertiary/aromatic N) is 2. The highest BCUT2D eigenvalue weighted by Crippen LogP contribution is 2.38. The van der Waals surface area contributed by atoms with Gasteiger partial charge in [-0.2, -0.15) is 5.10 Å². The summed E-state index contributed by atoms with van der Waals surface area (Å²) in [6.07, 6.45) is 3.44. The molecule has 2 N–H and O–H groups in total. The maximum atomic E-state index is 6.14. The van der Waals surface area contributed by atoms with Crippen LogP contribution in [0.2, 0.25) is 0 Å². The van der Waals surface area contributed by atoms with Crippen LogP contribution >= 0.6 is 0 Å². The van der Waals surface area contributed by atoms with Gasteiger partial charge in [0.05, 0.1) is 5.69 Å². The van der Waals surface area contributed by atoms with Crippen LogP contribution in [0.15, 0.2) is 0 Å². The SMILES string of the molecule is CCn1nc2c(c1N)CC(C(C)(C)C)CC2. The third kappa shape index (κ3) is 1.83. The van der Waals surface area contributed by atoms with E-state index in [1.807, 2.05) is 4.68 Å². The van der Waals surface area contributed by atoms with Gasteiger partial charge in [0.2, 0.25) is 0 Å². The molecule has 0 aromatic carbocycles. The summed E-state index contributed by atoms with van der Waals surface area (Å²) in [4.78, 5) is 0. The average Bonchev–Trinajstić information content (AvgIpc) is 2.54. The summed E-state index contributed by atoms with van der Waals surface area (Å²) in [6.45, 7) is 9.93. The molecule has 90 valence electrons. The normalized spacial score (nSPS) is 20.9. The standard InChI is InChI=1S/C13H23N3/c1-5-16-12(14)10-8-9(13(2,3)4)6-7-11(10)15-16/h9H,5-8,14H2,1-4H3. The lowest BCUT2D eigenvalue weighted by Gasteiger charge is -2.33. The van der Waals surface area contributed by atoms with Crippen molar-refractivity contribution in [3.05, 3.63) is 11.3 Å². The Morgan fingerprint density at radius 3 is 2.69 bits per heavy atom. The highest BCUT2D eigenvalue weighted by Gasteiger charge is 2.31. The molecule has 0 spiro atoms. The summed E-state index contributed by atoms with van der Waals surface area (Å²) < 4.78 is 1.94. The monoisotopic (exact) mass is 221 g/mol. The van der Waals surface area contributed by atoms with E-state index in [4.69, 9.17) is 5.73 Å². The van der Waals surface area contributed by atoms with Crippen molar-refractivity contribution in [2.75, 3.05) is 5.73 Å². The molecule has 1 aromatic heterocycles. The zero-order valence-corrected chi connectivity index (χ0v) is 10.9. The molecule has 3 nitrogen and oxygen atoms in total. The van der Waals surface area contributed by atoms with Crippen LogP contribution < -0.4 is 5.73 Å². The summed E-state index contributed by atoms with van der Waals surface area (Å²) in [5.74, 6) is 1.63. The Morgan fingerprint density at radius 2 is 2.12 bits per heavy atom. The van der Waals surface area contributed by atoms with E-state index in [1.54, 1.807) is 0 Å². The molecule has 0 saturated heterocycles. The molecule has 0 aliphatic heterocycles. The van der Waals surface area contributed by atoms with Crippen molar-refractivity contribution >= 4 is 5.82 Å². The lowest BCUT2D eigenvalue weighted by atomic mass is 9.72. The zero-order valence-electron chi connectivity index (χ0n) is 10.9. The van der Waals surface area contributed by atoms with Gasteiger partial charge in [0.1, 0.15) is 5.82 Å². The number of hydrogen-bond donors (Lipinski definition) is 1. The second-order valence-corrected chi connectivity index (χ2v) is 5.93. The minimum Gasteiger partial charge on any atom is -0.384 e. The first-order chi connectivity index (χ1) is 7.43. The molecular weight excluding hydrogens is 198 g/mol. The van der Waals surface area contributed by atoms with Gasteiger partial charge < -0.3 is 5.73 Å². The van der Waals surface area contributed by atoms with E-state index in [0.29, 0.717) is 5.41 Å². The number of rotatable bonds is 1. The van der Waals surface area contributed by atoms with E-state index in [0.717, 1.165) is 31.1 Å². The molecule has 3 heteroatoms. The minimum atomic E-state index is 0.373. The summed E-state index contributed by atoms with van der Waals surface area (Å²) in [5.41, 5.74) is 9.06. The molecule has 1 atom stereocenters. The lowest BCUT2D eigenvalue weighted by molar-refractivity contribution is 0.216. The molecular formula is C13H23N3. The Labute approximate surface area is 98.0 Å². The first-order valence-electron chi connectivity index (χ1n) is 6.27. The van der Waals surface area contributed by atoms with Crippen LogP contribution in [0.1, 0.15) is 45.4 Å². The number of aryl methyl sites for hydroxylation is 2. The van der Waals surface area contributed by atoms with Crippen molar-refractivity contribution in [2.24, 2.45) is 11.3 Å². The number of fused-ring (bicyclic) bond motifs is 1. The zero-order chi connectivity index (χ0) is 11.9. The summed E-state index contributed by atoms with van der Waals surface area (Å²) >= 11 is 0. The molecule has 1 aliphatic carbocycles. The van der Waals surface area contributed by atoms with Gasteiger partial charge in [-0.3, -0.25) is 0 Å². The van der Waals surface area contributed by atoms with E-state index in [2.05, 4.69) is 32.8 Å². The summed E-state index contributed by atoms with van der Waals surface area (Å²) in [5, 5.41) is 4.58. The minimum absolute atomic E-state index is 0.373. The molecule has 0 fully saturated rings. The smallest absolute Gasteiger partial charge is 0.125 e. The Morgan fingerprint density at radius 1 is 1.44 bits per heavy atom. The predicted molar refractivity (Wildman–Crippen MR) is 67.3 cm³/mol. The van der Waals surface area contributed by atoms with E-state index in [9.17, 15) is 0 Å². The van der Waals surface area contributed by atoms with E-state index >= 15 is 0 Å². The van der Waals surface area contributed by atoms with Gasteiger partial charge in [0.25, 0.3) is 0 Å². The van der Waals surface area contributed by atoms with Crippen molar-refractivity contribution in [3.63, 3.8) is 0 Å². The number of hydrogen-bond acceptors (Lipinski definition) is 2. The van der Waals surface area contributed by atoms with Crippen LogP contribution in [0.25, 0.3) is 0 Å². The number of aromatic nitrogens is 2. The molecule has 1 aliphatic rings. The quantitative estimate of drug-likeness (QED) is 0.792. The average molecular weight is 221 g/mol. The van der Waals surface area contributed by atoms with Gasteiger partial charge in [0, 0.05) is 12.1 Å². The second-order valence-electron chi connectivity index (χ2n) is 5.93. The van der Waals surface area contributed by atoms with Gasteiger partial charge in [-0.1, -0.05) is 20.8 Å². The van der Waals surface area contributed by atoms with Crippen molar-refractivity contribution in [1.82, 2.24) is 9.78 Å². The molecule has 1 aromatic rings. The molecule has 16 heavy (non-hydrogen) atoms. The Balaban J connectivity index is 2.30. The molecule has 2 rings (SSSR count). The van der Waals surface area contributed by atoms with Gasteiger partial charge in [-0.05, 0) is 37.5 Å². The summed E-state index contributed by atoms with van der Waals surface area (Å²) in [7, 11) is 0. The van der Waals surface area contributed by atoms with Gasteiger partial charge in [-0.15, -0.1) is 0 Å².